The third-order valence-corrected chi connectivity index (χ3v) is 10.1. The summed E-state index contributed by atoms with van der Waals surface area (Å²) < 4.78 is 12.6. The number of hydrogen-bond acceptors (Lipinski definition) is 7. The monoisotopic (exact) mass is 535 g/mol. The molecule has 10 heteroatoms. The second-order valence-electron chi connectivity index (χ2n) is 12.2. The molecule has 2 bridgehead atoms. The lowest BCUT2D eigenvalue weighted by Gasteiger charge is -2.67. The van der Waals surface area contributed by atoms with Gasteiger partial charge in [0.25, 0.3) is 5.91 Å². The van der Waals surface area contributed by atoms with Crippen molar-refractivity contribution in [2.45, 2.75) is 64.3 Å². The molecule has 1 aliphatic heterocycles. The van der Waals surface area contributed by atoms with Crippen LogP contribution in [0.25, 0.3) is 5.82 Å². The first kappa shape index (κ1) is 25.3. The van der Waals surface area contributed by atoms with Crippen LogP contribution in [0.15, 0.2) is 35.5 Å². The summed E-state index contributed by atoms with van der Waals surface area (Å²) in [6, 6.07) is 5.60. The summed E-state index contributed by atoms with van der Waals surface area (Å²) in [7, 11) is 1.89. The van der Waals surface area contributed by atoms with Crippen molar-refractivity contribution < 1.29 is 9.53 Å². The minimum atomic E-state index is -0.181. The number of rotatable bonds is 8. The Hall–Kier alpha value is -3.01. The first-order valence-electron chi connectivity index (χ1n) is 13.5. The van der Waals surface area contributed by atoms with E-state index in [2.05, 4.69) is 47.5 Å². The van der Waals surface area contributed by atoms with E-state index in [1.165, 1.54) is 24.8 Å². The highest BCUT2D eigenvalue weighted by molar-refractivity contribution is 7.98. The van der Waals surface area contributed by atoms with Gasteiger partial charge in [-0.15, -0.1) is 5.10 Å². The van der Waals surface area contributed by atoms with Gasteiger partial charge in [-0.1, -0.05) is 13.8 Å². The van der Waals surface area contributed by atoms with E-state index >= 15 is 0 Å². The quantitative estimate of drug-likeness (QED) is 0.415. The molecular formula is C28H37N7O2S. The van der Waals surface area contributed by atoms with E-state index in [0.717, 1.165) is 42.0 Å². The Kier molecular flexibility index (Phi) is 6.01. The number of nitrogens with one attached hydrogen (secondary N) is 1. The van der Waals surface area contributed by atoms with Gasteiger partial charge in [0.15, 0.2) is 5.82 Å². The Labute approximate surface area is 228 Å². The van der Waals surface area contributed by atoms with Crippen LogP contribution in [-0.4, -0.2) is 49.1 Å². The predicted molar refractivity (Wildman–Crippen MR) is 148 cm³/mol. The maximum absolute atomic E-state index is 13.4. The molecule has 0 spiro atoms. The van der Waals surface area contributed by atoms with Crippen molar-refractivity contribution in [3.8, 4) is 11.7 Å². The van der Waals surface area contributed by atoms with Crippen LogP contribution in [0.1, 0.15) is 63.0 Å². The molecule has 4 heterocycles. The van der Waals surface area contributed by atoms with Crippen LogP contribution in [0.3, 0.4) is 0 Å². The second kappa shape index (κ2) is 9.03. The van der Waals surface area contributed by atoms with Crippen molar-refractivity contribution in [3.05, 3.63) is 41.9 Å². The van der Waals surface area contributed by atoms with Gasteiger partial charge in [0.05, 0.1) is 29.0 Å². The first-order chi connectivity index (χ1) is 18.1. The van der Waals surface area contributed by atoms with Crippen molar-refractivity contribution in [1.82, 2.24) is 29.3 Å². The Balaban J connectivity index is 1.25. The Morgan fingerprint density at radius 2 is 2.00 bits per heavy atom. The zero-order valence-electron chi connectivity index (χ0n) is 23.1. The highest BCUT2D eigenvalue weighted by Gasteiger charge is 2.63. The lowest BCUT2D eigenvalue weighted by atomic mass is 9.38. The average Bonchev–Trinajstić information content (AvgIpc) is 3.53. The summed E-state index contributed by atoms with van der Waals surface area (Å²) in [4.78, 5) is 21.6. The van der Waals surface area contributed by atoms with Gasteiger partial charge < -0.3 is 9.64 Å². The fraction of sp³-hybridized carbons (Fsp3) is 0.571. The number of ether oxygens (including phenoxy) is 1. The molecule has 0 radical (unpaired) electrons. The molecule has 3 aromatic rings. The molecule has 3 saturated carbocycles. The van der Waals surface area contributed by atoms with Crippen LogP contribution in [0.2, 0.25) is 0 Å². The molecule has 202 valence electrons. The molecule has 2 atom stereocenters. The minimum Gasteiger partial charge on any atom is -0.476 e. The van der Waals surface area contributed by atoms with Crippen molar-refractivity contribution in [1.29, 1.82) is 0 Å². The van der Waals surface area contributed by atoms with Gasteiger partial charge in [-0.05, 0) is 81.9 Å². The van der Waals surface area contributed by atoms with Crippen LogP contribution >= 0.6 is 11.9 Å². The van der Waals surface area contributed by atoms with Gasteiger partial charge in [0, 0.05) is 36.8 Å². The summed E-state index contributed by atoms with van der Waals surface area (Å²) in [5, 5.41) is 8.93. The number of carbonyl (C=O) groups excluding carboxylic acids is 1. The average molecular weight is 536 g/mol. The van der Waals surface area contributed by atoms with Gasteiger partial charge >= 0.3 is 0 Å². The third kappa shape index (κ3) is 4.17. The summed E-state index contributed by atoms with van der Waals surface area (Å²) in [5.74, 6) is 3.95. The molecule has 0 unspecified atom stereocenters. The van der Waals surface area contributed by atoms with E-state index in [1.807, 2.05) is 38.4 Å². The van der Waals surface area contributed by atoms with E-state index in [0.29, 0.717) is 34.4 Å². The van der Waals surface area contributed by atoms with Crippen LogP contribution in [0.4, 0.5) is 5.82 Å². The fourth-order valence-corrected chi connectivity index (χ4v) is 7.20. The van der Waals surface area contributed by atoms with Crippen molar-refractivity contribution in [2.75, 3.05) is 18.1 Å². The number of hydrogen-bond donors (Lipinski definition) is 1. The number of nitrogens with zero attached hydrogens (tertiary/aromatic N) is 6. The van der Waals surface area contributed by atoms with E-state index in [9.17, 15) is 4.79 Å². The van der Waals surface area contributed by atoms with Crippen molar-refractivity contribution in [2.24, 2.45) is 30.2 Å². The Bertz CT molecular complexity index is 1370. The van der Waals surface area contributed by atoms with Gasteiger partial charge in [0.1, 0.15) is 5.82 Å². The highest BCUT2D eigenvalue weighted by atomic mass is 32.2. The number of pyridine rings is 1. The molecule has 7 rings (SSSR count). The minimum absolute atomic E-state index is 0.120. The molecule has 3 aliphatic carbocycles. The Morgan fingerprint density at radius 3 is 2.61 bits per heavy atom. The number of aryl methyl sites for hydroxylation is 1. The molecule has 1 N–H and O–H groups in total. The van der Waals surface area contributed by atoms with E-state index in [4.69, 9.17) is 9.72 Å². The normalized spacial score (nSPS) is 27.1. The van der Waals surface area contributed by atoms with Gasteiger partial charge in [-0.3, -0.25) is 14.2 Å². The predicted octanol–water partition coefficient (Wildman–Crippen LogP) is 4.80. The zero-order chi connectivity index (χ0) is 26.8. The molecular weight excluding hydrogens is 498 g/mol. The molecule has 9 nitrogen and oxygen atoms in total. The Morgan fingerprint density at radius 1 is 1.21 bits per heavy atom. The summed E-state index contributed by atoms with van der Waals surface area (Å²) in [5.41, 5.74) is 1.79. The zero-order valence-corrected chi connectivity index (χ0v) is 23.9. The molecule has 1 saturated heterocycles. The van der Waals surface area contributed by atoms with Gasteiger partial charge in [0.2, 0.25) is 5.88 Å². The fourth-order valence-electron chi connectivity index (χ4n) is 6.51. The van der Waals surface area contributed by atoms with Crippen LogP contribution in [0.5, 0.6) is 5.88 Å². The number of carbonyl (C=O) groups is 1. The summed E-state index contributed by atoms with van der Waals surface area (Å²) in [6.45, 7) is 12.6. The number of anilines is 1. The van der Waals surface area contributed by atoms with Crippen LogP contribution in [-0.2, 0) is 7.05 Å². The topological polar surface area (TPSA) is 90.1 Å². The SMILES string of the molecule is Cc1c(SNC(=O)c2ccc(-n3ccc(OCC45CC(C4)[C@H]5C)n3)nc2N2C[C@@H](C)CC2(C)C)cnn1C. The summed E-state index contributed by atoms with van der Waals surface area (Å²) >= 11 is 1.28. The van der Waals surface area contributed by atoms with Crippen molar-refractivity contribution in [3.63, 3.8) is 0 Å². The van der Waals surface area contributed by atoms with E-state index < -0.39 is 0 Å². The second-order valence-corrected chi connectivity index (χ2v) is 13.1. The van der Waals surface area contributed by atoms with E-state index in [1.54, 1.807) is 15.6 Å². The highest BCUT2D eigenvalue weighted by Crippen LogP contribution is 2.68. The smallest absolute Gasteiger partial charge is 0.265 e. The third-order valence-electron chi connectivity index (χ3n) is 9.19. The number of amides is 1. The lowest BCUT2D eigenvalue weighted by molar-refractivity contribution is -0.199. The first-order valence-corrected chi connectivity index (χ1v) is 14.3. The van der Waals surface area contributed by atoms with Crippen LogP contribution < -0.4 is 14.4 Å². The molecule has 4 aliphatic rings. The van der Waals surface area contributed by atoms with Gasteiger partial charge in [-0.25, -0.2) is 9.67 Å². The lowest BCUT2D eigenvalue weighted by Crippen LogP contribution is -2.62. The van der Waals surface area contributed by atoms with Crippen LogP contribution in [0, 0.1) is 30.1 Å². The standard InChI is InChI=1S/C28H37N7O2S/c1-17-11-27(4,5)34(15-17)25-21(26(36)32-38-22-14-29-33(6)19(22)3)7-8-23(30-25)35-10-9-24(31-35)37-16-28-12-20(13-28)18(28)2/h7-10,14,17-18,20H,11-13,15-16H2,1-6H3,(H,32,36)/t17-,18+,20?,28?/m0/s1. The molecule has 1 amide bonds. The maximum atomic E-state index is 13.4. The van der Waals surface area contributed by atoms with Crippen molar-refractivity contribution >= 4 is 23.7 Å². The van der Waals surface area contributed by atoms with E-state index in [-0.39, 0.29) is 11.4 Å². The molecule has 0 aromatic carbocycles. The summed E-state index contributed by atoms with van der Waals surface area (Å²) in [6.07, 6.45) is 7.24. The molecule has 4 fully saturated rings. The number of aromatic nitrogens is 5. The van der Waals surface area contributed by atoms with Gasteiger partial charge in [-0.2, -0.15) is 5.10 Å². The largest absolute Gasteiger partial charge is 0.476 e. The molecule has 38 heavy (non-hydrogen) atoms. The maximum Gasteiger partial charge on any atom is 0.265 e. The molecule has 3 aromatic heterocycles.